The minimum Gasteiger partial charge on any atom is -0.479 e. The maximum Gasteiger partial charge on any atom is 0.471 e. The molecule has 1 aliphatic rings. The van der Waals surface area contributed by atoms with E-state index >= 15 is 0 Å². The number of alkyl halides is 3. The van der Waals surface area contributed by atoms with Gasteiger partial charge in [0, 0.05) is 6.54 Å². The van der Waals surface area contributed by atoms with E-state index in [9.17, 15) is 22.8 Å². The van der Waals surface area contributed by atoms with Crippen LogP contribution in [0.5, 0.6) is 0 Å². The third kappa shape index (κ3) is 2.02. The minimum absolute atomic E-state index is 0.213. The molecule has 1 amide bonds. The van der Waals surface area contributed by atoms with Crippen molar-refractivity contribution < 1.29 is 27.9 Å². The topological polar surface area (TPSA) is 57.6 Å². The Balaban J connectivity index is 3.08. The molecule has 16 heavy (non-hydrogen) atoms. The number of carboxylic acid groups (broad SMARTS) is 1. The maximum atomic E-state index is 12.2. The molecule has 1 atom stereocenters. The molecule has 1 heterocycles. The van der Waals surface area contributed by atoms with E-state index in [0.29, 0.717) is 4.90 Å². The summed E-state index contributed by atoms with van der Waals surface area (Å²) in [5.41, 5.74) is -1.93. The molecule has 0 aromatic rings. The van der Waals surface area contributed by atoms with Crippen molar-refractivity contribution in [2.75, 3.05) is 6.54 Å². The molecule has 4 nitrogen and oxygen atoms in total. The molecule has 7 heteroatoms. The molecule has 0 fully saturated rings. The fourth-order valence-electron chi connectivity index (χ4n) is 1.49. The molecule has 0 saturated carbocycles. The number of hydrogen-bond donors (Lipinski definition) is 1. The lowest BCUT2D eigenvalue weighted by Gasteiger charge is -2.38. The summed E-state index contributed by atoms with van der Waals surface area (Å²) in [6, 6.07) is 0. The molecule has 1 unspecified atom stereocenters. The van der Waals surface area contributed by atoms with Crippen LogP contribution in [0.4, 0.5) is 13.2 Å². The van der Waals surface area contributed by atoms with E-state index in [0.717, 1.165) is 13.0 Å². The van der Waals surface area contributed by atoms with Crippen LogP contribution in [0.3, 0.4) is 0 Å². The summed E-state index contributed by atoms with van der Waals surface area (Å²) >= 11 is 0. The van der Waals surface area contributed by atoms with E-state index in [1.807, 2.05) is 0 Å². The summed E-state index contributed by atoms with van der Waals surface area (Å²) < 4.78 is 36.7. The molecule has 0 spiro atoms. The Kier molecular flexibility index (Phi) is 2.98. The van der Waals surface area contributed by atoms with Gasteiger partial charge in [-0.2, -0.15) is 13.2 Å². The lowest BCUT2D eigenvalue weighted by atomic mass is 9.95. The summed E-state index contributed by atoms with van der Waals surface area (Å²) in [4.78, 5) is 22.3. The largest absolute Gasteiger partial charge is 0.479 e. The molecule has 0 saturated heterocycles. The number of carboxylic acids is 1. The lowest BCUT2D eigenvalue weighted by molar-refractivity contribution is -0.192. The van der Waals surface area contributed by atoms with Gasteiger partial charge in [0.15, 0.2) is 5.54 Å². The van der Waals surface area contributed by atoms with Gasteiger partial charge in [-0.3, -0.25) is 4.79 Å². The number of aliphatic carboxylic acids is 1. The predicted molar refractivity (Wildman–Crippen MR) is 47.6 cm³/mol. The number of carbonyl (C=O) groups is 2. The van der Waals surface area contributed by atoms with Crippen molar-refractivity contribution in [2.45, 2.75) is 25.1 Å². The van der Waals surface area contributed by atoms with E-state index in [-0.39, 0.29) is 13.0 Å². The van der Waals surface area contributed by atoms with Gasteiger partial charge in [0.05, 0.1) is 0 Å². The van der Waals surface area contributed by atoms with Gasteiger partial charge in [-0.1, -0.05) is 12.2 Å². The number of nitrogens with zero attached hydrogens (tertiary/aromatic N) is 1. The van der Waals surface area contributed by atoms with E-state index < -0.39 is 23.6 Å². The average Bonchev–Trinajstić information content (AvgIpc) is 2.16. The van der Waals surface area contributed by atoms with Crippen molar-refractivity contribution in [1.29, 1.82) is 0 Å². The first kappa shape index (κ1) is 12.5. The quantitative estimate of drug-likeness (QED) is 0.697. The first-order valence-corrected chi connectivity index (χ1v) is 4.49. The highest BCUT2D eigenvalue weighted by atomic mass is 19.4. The predicted octanol–water partition coefficient (Wildman–Crippen LogP) is 1.18. The van der Waals surface area contributed by atoms with Crippen LogP contribution in [0.15, 0.2) is 12.2 Å². The lowest BCUT2D eigenvalue weighted by Crippen LogP contribution is -2.58. The van der Waals surface area contributed by atoms with Crippen molar-refractivity contribution >= 4 is 11.9 Å². The van der Waals surface area contributed by atoms with Gasteiger partial charge in [0.1, 0.15) is 0 Å². The molecule has 90 valence electrons. The molecule has 0 bridgehead atoms. The van der Waals surface area contributed by atoms with E-state index in [4.69, 9.17) is 5.11 Å². The maximum absolute atomic E-state index is 12.2. The van der Waals surface area contributed by atoms with Gasteiger partial charge in [0.25, 0.3) is 0 Å². The monoisotopic (exact) mass is 237 g/mol. The molecule has 0 radical (unpaired) electrons. The number of amides is 1. The van der Waals surface area contributed by atoms with Gasteiger partial charge < -0.3 is 10.0 Å². The minimum atomic E-state index is -5.05. The zero-order chi connectivity index (χ0) is 12.6. The second kappa shape index (κ2) is 3.80. The van der Waals surface area contributed by atoms with E-state index in [2.05, 4.69) is 0 Å². The van der Waals surface area contributed by atoms with Crippen LogP contribution in [0.2, 0.25) is 0 Å². The normalized spacial score (nSPS) is 25.6. The summed E-state index contributed by atoms with van der Waals surface area (Å²) in [6.07, 6.45) is -2.29. The highest BCUT2D eigenvalue weighted by Crippen LogP contribution is 2.28. The highest BCUT2D eigenvalue weighted by molar-refractivity contribution is 5.91. The van der Waals surface area contributed by atoms with Crippen LogP contribution < -0.4 is 0 Å². The zero-order valence-electron chi connectivity index (χ0n) is 8.41. The number of hydrogen-bond acceptors (Lipinski definition) is 2. The number of halogens is 3. The fourth-order valence-corrected chi connectivity index (χ4v) is 1.49. The van der Waals surface area contributed by atoms with Crippen LogP contribution in [0, 0.1) is 0 Å². The van der Waals surface area contributed by atoms with Crippen LogP contribution in [-0.2, 0) is 9.59 Å². The Hall–Kier alpha value is -1.53. The Morgan fingerprint density at radius 3 is 2.44 bits per heavy atom. The van der Waals surface area contributed by atoms with Crippen molar-refractivity contribution in [3.63, 3.8) is 0 Å². The molecule has 0 aliphatic carbocycles. The van der Waals surface area contributed by atoms with Crippen molar-refractivity contribution in [3.8, 4) is 0 Å². The Morgan fingerprint density at radius 2 is 2.00 bits per heavy atom. The summed E-state index contributed by atoms with van der Waals surface area (Å²) in [7, 11) is 0. The Morgan fingerprint density at radius 1 is 1.44 bits per heavy atom. The second-order valence-corrected chi connectivity index (χ2v) is 3.60. The molecule has 0 aromatic carbocycles. The highest BCUT2D eigenvalue weighted by Gasteiger charge is 2.51. The van der Waals surface area contributed by atoms with Gasteiger partial charge in [-0.05, 0) is 13.3 Å². The van der Waals surface area contributed by atoms with Gasteiger partial charge in [-0.25, -0.2) is 4.79 Å². The average molecular weight is 237 g/mol. The van der Waals surface area contributed by atoms with Crippen molar-refractivity contribution in [2.24, 2.45) is 0 Å². The zero-order valence-corrected chi connectivity index (χ0v) is 8.41. The third-order valence-electron chi connectivity index (χ3n) is 2.44. The smallest absolute Gasteiger partial charge is 0.471 e. The number of rotatable bonds is 1. The van der Waals surface area contributed by atoms with Crippen LogP contribution in [0.25, 0.3) is 0 Å². The fraction of sp³-hybridized carbons (Fsp3) is 0.556. The van der Waals surface area contributed by atoms with Gasteiger partial charge in [0.2, 0.25) is 0 Å². The van der Waals surface area contributed by atoms with Crippen LogP contribution >= 0.6 is 0 Å². The molecule has 1 N–H and O–H groups in total. The Bertz CT molecular complexity index is 350. The summed E-state index contributed by atoms with van der Waals surface area (Å²) in [5.74, 6) is -3.61. The van der Waals surface area contributed by atoms with E-state index in [1.165, 1.54) is 6.08 Å². The molecular formula is C9H10F3NO3. The molecular weight excluding hydrogens is 227 g/mol. The van der Waals surface area contributed by atoms with Crippen molar-refractivity contribution in [1.82, 2.24) is 4.90 Å². The van der Waals surface area contributed by atoms with Gasteiger partial charge in [-0.15, -0.1) is 0 Å². The van der Waals surface area contributed by atoms with Gasteiger partial charge >= 0.3 is 18.1 Å². The second-order valence-electron chi connectivity index (χ2n) is 3.60. The van der Waals surface area contributed by atoms with E-state index in [1.54, 1.807) is 0 Å². The first-order chi connectivity index (χ1) is 7.19. The summed E-state index contributed by atoms with van der Waals surface area (Å²) in [6.45, 7) is 0.812. The SMILES string of the molecule is CC1(C(=O)O)C=CCCN1C(=O)C(F)(F)F. The molecule has 1 aliphatic heterocycles. The molecule has 0 aromatic heterocycles. The van der Waals surface area contributed by atoms with Crippen LogP contribution in [0.1, 0.15) is 13.3 Å². The van der Waals surface area contributed by atoms with Crippen LogP contribution in [-0.4, -0.2) is 40.1 Å². The first-order valence-electron chi connectivity index (χ1n) is 4.49. The number of carbonyl (C=O) groups excluding carboxylic acids is 1. The van der Waals surface area contributed by atoms with Crippen molar-refractivity contribution in [3.05, 3.63) is 12.2 Å². The summed E-state index contributed by atoms with van der Waals surface area (Å²) in [5, 5.41) is 8.87. The standard InChI is InChI=1S/C9H10F3NO3/c1-8(7(15)16)4-2-3-5-13(8)6(14)9(10,11)12/h2,4H,3,5H2,1H3,(H,15,16). The molecule has 1 rings (SSSR count). The third-order valence-corrected chi connectivity index (χ3v) is 2.44. The Labute approximate surface area is 89.3 Å².